The molecule has 1 saturated heterocycles. The number of hydrogen-bond donors (Lipinski definition) is 1. The van der Waals surface area contributed by atoms with Gasteiger partial charge < -0.3 is 15.0 Å². The van der Waals surface area contributed by atoms with Crippen molar-refractivity contribution in [2.24, 2.45) is 0 Å². The van der Waals surface area contributed by atoms with Gasteiger partial charge in [-0.3, -0.25) is 0 Å². The van der Waals surface area contributed by atoms with Crippen LogP contribution in [0.1, 0.15) is 32.3 Å². The number of pyridine rings is 1. The zero-order valence-electron chi connectivity index (χ0n) is 12.4. The largest absolute Gasteiger partial charge is 0.378 e. The minimum absolute atomic E-state index is 0.420. The van der Waals surface area contributed by atoms with Gasteiger partial charge in [-0.1, -0.05) is 6.92 Å². The standard InChI is InChI=1S/C15H24BrN3O/c1-3-17-10-12-9-13(16)11-18-15(12)19-7-5-14(6-8-19)20-4-2/h9,11,14,17H,3-8,10H2,1-2H3. The number of anilines is 1. The van der Waals surface area contributed by atoms with E-state index >= 15 is 0 Å². The molecule has 0 atom stereocenters. The predicted octanol–water partition coefficient (Wildman–Crippen LogP) is 2.96. The lowest BCUT2D eigenvalue weighted by Crippen LogP contribution is -2.38. The van der Waals surface area contributed by atoms with Gasteiger partial charge in [-0.05, 0) is 48.3 Å². The van der Waals surface area contributed by atoms with E-state index in [0.29, 0.717) is 6.10 Å². The summed E-state index contributed by atoms with van der Waals surface area (Å²) in [5, 5.41) is 3.39. The highest BCUT2D eigenvalue weighted by Gasteiger charge is 2.22. The first-order valence-electron chi connectivity index (χ1n) is 7.46. The first-order valence-corrected chi connectivity index (χ1v) is 8.25. The van der Waals surface area contributed by atoms with E-state index in [1.165, 1.54) is 5.56 Å². The molecule has 4 nitrogen and oxygen atoms in total. The number of ether oxygens (including phenoxy) is 1. The van der Waals surface area contributed by atoms with Crippen molar-refractivity contribution in [3.05, 3.63) is 22.3 Å². The van der Waals surface area contributed by atoms with Crippen LogP contribution in [0, 0.1) is 0 Å². The third-order valence-corrected chi connectivity index (χ3v) is 4.05. The Hall–Kier alpha value is -0.650. The molecule has 0 radical (unpaired) electrons. The normalized spacial score (nSPS) is 16.6. The number of rotatable bonds is 6. The summed E-state index contributed by atoms with van der Waals surface area (Å²) in [5.41, 5.74) is 1.26. The fourth-order valence-corrected chi connectivity index (χ4v) is 3.00. The molecule has 0 bridgehead atoms. The predicted molar refractivity (Wildman–Crippen MR) is 86.2 cm³/mol. The molecule has 1 aliphatic rings. The summed E-state index contributed by atoms with van der Waals surface area (Å²) in [6.07, 6.45) is 4.49. The Morgan fingerprint density at radius 2 is 2.15 bits per heavy atom. The molecule has 112 valence electrons. The Labute approximate surface area is 130 Å². The number of halogens is 1. The van der Waals surface area contributed by atoms with Crippen molar-refractivity contribution in [1.82, 2.24) is 10.3 Å². The second kappa shape index (κ2) is 7.96. The van der Waals surface area contributed by atoms with Crippen LogP contribution in [0.2, 0.25) is 0 Å². The van der Waals surface area contributed by atoms with Crippen molar-refractivity contribution in [1.29, 1.82) is 0 Å². The molecule has 1 aromatic rings. The zero-order valence-corrected chi connectivity index (χ0v) is 13.9. The number of hydrogen-bond acceptors (Lipinski definition) is 4. The lowest BCUT2D eigenvalue weighted by Gasteiger charge is -2.33. The summed E-state index contributed by atoms with van der Waals surface area (Å²) in [5.74, 6) is 1.11. The van der Waals surface area contributed by atoms with Crippen LogP contribution in [0.5, 0.6) is 0 Å². The van der Waals surface area contributed by atoms with Crippen molar-refractivity contribution in [3.8, 4) is 0 Å². The maximum absolute atomic E-state index is 5.71. The molecule has 2 heterocycles. The van der Waals surface area contributed by atoms with E-state index in [1.807, 2.05) is 6.20 Å². The van der Waals surface area contributed by atoms with Gasteiger partial charge in [-0.2, -0.15) is 0 Å². The number of nitrogens with zero attached hydrogens (tertiary/aromatic N) is 2. The van der Waals surface area contributed by atoms with Gasteiger partial charge in [-0.25, -0.2) is 4.98 Å². The fraction of sp³-hybridized carbons (Fsp3) is 0.667. The molecule has 0 saturated carbocycles. The SMILES string of the molecule is CCNCc1cc(Br)cnc1N1CCC(OCC)CC1. The molecule has 1 fully saturated rings. The highest BCUT2D eigenvalue weighted by atomic mass is 79.9. The van der Waals surface area contributed by atoms with Crippen molar-refractivity contribution in [2.75, 3.05) is 31.1 Å². The highest BCUT2D eigenvalue weighted by Crippen LogP contribution is 2.25. The molecule has 0 aromatic carbocycles. The minimum Gasteiger partial charge on any atom is -0.378 e. The summed E-state index contributed by atoms with van der Waals surface area (Å²) >= 11 is 3.51. The number of aromatic nitrogens is 1. The van der Waals surface area contributed by atoms with E-state index < -0.39 is 0 Å². The molecular formula is C15H24BrN3O. The van der Waals surface area contributed by atoms with Crippen LogP contribution in [0.3, 0.4) is 0 Å². The first-order chi connectivity index (χ1) is 9.74. The Morgan fingerprint density at radius 1 is 1.40 bits per heavy atom. The van der Waals surface area contributed by atoms with Gasteiger partial charge in [0.05, 0.1) is 6.10 Å². The lowest BCUT2D eigenvalue weighted by molar-refractivity contribution is 0.0458. The van der Waals surface area contributed by atoms with Crippen LogP contribution in [0.15, 0.2) is 16.7 Å². The van der Waals surface area contributed by atoms with Crippen LogP contribution < -0.4 is 10.2 Å². The average Bonchev–Trinajstić information content (AvgIpc) is 2.47. The summed E-state index contributed by atoms with van der Waals surface area (Å²) in [7, 11) is 0. The Bertz CT molecular complexity index is 420. The fourth-order valence-electron chi connectivity index (χ4n) is 2.62. The third-order valence-electron chi connectivity index (χ3n) is 3.62. The van der Waals surface area contributed by atoms with Crippen molar-refractivity contribution < 1.29 is 4.74 Å². The van der Waals surface area contributed by atoms with Gasteiger partial charge in [0.1, 0.15) is 5.82 Å². The zero-order chi connectivity index (χ0) is 14.4. The second-order valence-electron chi connectivity index (χ2n) is 5.06. The molecular weight excluding hydrogens is 318 g/mol. The maximum Gasteiger partial charge on any atom is 0.133 e. The molecule has 5 heteroatoms. The van der Waals surface area contributed by atoms with Gasteiger partial charge in [-0.15, -0.1) is 0 Å². The van der Waals surface area contributed by atoms with Gasteiger partial charge in [0, 0.05) is 42.5 Å². The Balaban J connectivity index is 2.04. The van der Waals surface area contributed by atoms with Gasteiger partial charge in [0.2, 0.25) is 0 Å². The van der Waals surface area contributed by atoms with Gasteiger partial charge in [0.15, 0.2) is 0 Å². The molecule has 0 amide bonds. The van der Waals surface area contributed by atoms with E-state index in [-0.39, 0.29) is 0 Å². The van der Waals surface area contributed by atoms with Crippen LogP contribution in [-0.2, 0) is 11.3 Å². The molecule has 1 N–H and O–H groups in total. The van der Waals surface area contributed by atoms with Crippen molar-refractivity contribution in [3.63, 3.8) is 0 Å². The summed E-state index contributed by atoms with van der Waals surface area (Å²) in [4.78, 5) is 7.01. The monoisotopic (exact) mass is 341 g/mol. The third kappa shape index (κ3) is 4.17. The highest BCUT2D eigenvalue weighted by molar-refractivity contribution is 9.10. The maximum atomic E-state index is 5.71. The molecule has 0 unspecified atom stereocenters. The quantitative estimate of drug-likeness (QED) is 0.863. The average molecular weight is 342 g/mol. The van der Waals surface area contributed by atoms with Crippen LogP contribution in [0.4, 0.5) is 5.82 Å². The summed E-state index contributed by atoms with van der Waals surface area (Å²) in [6, 6.07) is 2.17. The number of nitrogens with one attached hydrogen (secondary N) is 1. The topological polar surface area (TPSA) is 37.4 Å². The smallest absolute Gasteiger partial charge is 0.133 e. The molecule has 20 heavy (non-hydrogen) atoms. The Morgan fingerprint density at radius 3 is 2.80 bits per heavy atom. The second-order valence-corrected chi connectivity index (χ2v) is 5.97. The van der Waals surface area contributed by atoms with Crippen LogP contribution >= 0.6 is 15.9 Å². The molecule has 1 aromatic heterocycles. The lowest BCUT2D eigenvalue weighted by atomic mass is 10.1. The van der Waals surface area contributed by atoms with E-state index in [2.05, 4.69) is 51.0 Å². The van der Waals surface area contributed by atoms with E-state index in [4.69, 9.17) is 4.74 Å². The van der Waals surface area contributed by atoms with Gasteiger partial charge >= 0.3 is 0 Å². The van der Waals surface area contributed by atoms with Crippen molar-refractivity contribution >= 4 is 21.7 Å². The summed E-state index contributed by atoms with van der Waals surface area (Å²) in [6.45, 7) is 8.89. The first kappa shape index (κ1) is 15.7. The number of piperidine rings is 1. The van der Waals surface area contributed by atoms with Crippen LogP contribution in [-0.4, -0.2) is 37.3 Å². The Kier molecular flexibility index (Phi) is 6.26. The molecule has 0 aliphatic carbocycles. The summed E-state index contributed by atoms with van der Waals surface area (Å²) < 4.78 is 6.75. The van der Waals surface area contributed by atoms with Crippen molar-refractivity contribution in [2.45, 2.75) is 39.3 Å². The minimum atomic E-state index is 0.420. The van der Waals surface area contributed by atoms with E-state index in [1.54, 1.807) is 0 Å². The molecule has 1 aliphatic heterocycles. The molecule has 2 rings (SSSR count). The van der Waals surface area contributed by atoms with Crippen LogP contribution in [0.25, 0.3) is 0 Å². The van der Waals surface area contributed by atoms with E-state index in [0.717, 1.165) is 55.9 Å². The molecule has 0 spiro atoms. The van der Waals surface area contributed by atoms with Gasteiger partial charge in [0.25, 0.3) is 0 Å². The van der Waals surface area contributed by atoms with E-state index in [9.17, 15) is 0 Å².